The Labute approximate surface area is 118 Å². The highest BCUT2D eigenvalue weighted by Crippen LogP contribution is 2.31. The van der Waals surface area contributed by atoms with Crippen molar-refractivity contribution < 1.29 is 0 Å². The number of hydrogen-bond acceptors (Lipinski definition) is 1. The van der Waals surface area contributed by atoms with E-state index >= 15 is 0 Å². The Bertz CT molecular complexity index is 824. The quantitative estimate of drug-likeness (QED) is 0.622. The van der Waals surface area contributed by atoms with Gasteiger partial charge in [0.1, 0.15) is 0 Å². The second-order valence-corrected chi connectivity index (χ2v) is 5.64. The number of hydrogen-bond donors (Lipinski definition) is 0. The minimum absolute atomic E-state index is 1.16. The number of aromatic nitrogens is 2. The summed E-state index contributed by atoms with van der Waals surface area (Å²) in [6, 6.07) is 10.9. The SMILES string of the molecule is Cn1c2ccccc2c2cc(C3=CCCCC3)ncc21. The number of nitrogens with zero attached hydrogens (tertiary/aromatic N) is 2. The van der Waals surface area contributed by atoms with Crippen LogP contribution in [-0.2, 0) is 7.05 Å². The zero-order valence-electron chi connectivity index (χ0n) is 11.8. The number of benzene rings is 1. The largest absolute Gasteiger partial charge is 0.342 e. The first kappa shape index (κ1) is 11.7. The molecule has 2 heterocycles. The summed E-state index contributed by atoms with van der Waals surface area (Å²) < 4.78 is 2.23. The zero-order chi connectivity index (χ0) is 13.5. The summed E-state index contributed by atoms with van der Waals surface area (Å²) in [7, 11) is 2.12. The van der Waals surface area contributed by atoms with Gasteiger partial charge in [-0.15, -0.1) is 0 Å². The van der Waals surface area contributed by atoms with Crippen LogP contribution < -0.4 is 0 Å². The highest BCUT2D eigenvalue weighted by atomic mass is 14.9. The molecule has 20 heavy (non-hydrogen) atoms. The lowest BCUT2D eigenvalue weighted by Crippen LogP contribution is -1.95. The minimum atomic E-state index is 1.16. The van der Waals surface area contributed by atoms with Crippen molar-refractivity contribution in [1.29, 1.82) is 0 Å². The van der Waals surface area contributed by atoms with E-state index in [9.17, 15) is 0 Å². The van der Waals surface area contributed by atoms with Gasteiger partial charge in [0, 0.05) is 23.3 Å². The Morgan fingerprint density at radius 1 is 1.05 bits per heavy atom. The van der Waals surface area contributed by atoms with Gasteiger partial charge in [0.25, 0.3) is 0 Å². The predicted octanol–water partition coefficient (Wildman–Crippen LogP) is 4.68. The first-order chi connectivity index (χ1) is 9.84. The molecule has 0 amide bonds. The van der Waals surface area contributed by atoms with Crippen LogP contribution in [0.5, 0.6) is 0 Å². The molecule has 3 aromatic rings. The van der Waals surface area contributed by atoms with Crippen LogP contribution in [0, 0.1) is 0 Å². The Balaban J connectivity index is 1.99. The highest BCUT2D eigenvalue weighted by molar-refractivity contribution is 6.08. The number of aryl methyl sites for hydroxylation is 1. The molecule has 0 spiro atoms. The van der Waals surface area contributed by atoms with Crippen molar-refractivity contribution in [2.24, 2.45) is 7.05 Å². The van der Waals surface area contributed by atoms with Crippen LogP contribution in [0.4, 0.5) is 0 Å². The van der Waals surface area contributed by atoms with Gasteiger partial charge >= 0.3 is 0 Å². The van der Waals surface area contributed by atoms with Gasteiger partial charge in [-0.05, 0) is 43.4 Å². The lowest BCUT2D eigenvalue weighted by Gasteiger charge is -2.12. The molecule has 2 heteroatoms. The summed E-state index contributed by atoms with van der Waals surface area (Å²) in [6.07, 6.45) is 9.37. The number of rotatable bonds is 1. The summed E-state index contributed by atoms with van der Waals surface area (Å²) in [6.45, 7) is 0. The molecule has 1 aliphatic carbocycles. The van der Waals surface area contributed by atoms with Crippen LogP contribution in [0.2, 0.25) is 0 Å². The Morgan fingerprint density at radius 3 is 2.80 bits per heavy atom. The summed E-state index contributed by atoms with van der Waals surface area (Å²) in [4.78, 5) is 4.70. The van der Waals surface area contributed by atoms with E-state index in [0.717, 1.165) is 5.69 Å². The maximum Gasteiger partial charge on any atom is 0.0675 e. The molecule has 1 aliphatic rings. The third-order valence-electron chi connectivity index (χ3n) is 4.42. The molecule has 0 N–H and O–H groups in total. The molecular formula is C18H18N2. The normalized spacial score (nSPS) is 15.8. The lowest BCUT2D eigenvalue weighted by atomic mass is 9.96. The molecule has 1 aromatic carbocycles. The Morgan fingerprint density at radius 2 is 1.95 bits per heavy atom. The van der Waals surface area contributed by atoms with Crippen LogP contribution in [0.1, 0.15) is 31.4 Å². The molecule has 2 nitrogen and oxygen atoms in total. The number of fused-ring (bicyclic) bond motifs is 3. The Kier molecular flexibility index (Phi) is 2.62. The maximum absolute atomic E-state index is 4.70. The monoisotopic (exact) mass is 262 g/mol. The molecule has 0 bridgehead atoms. The third-order valence-corrected chi connectivity index (χ3v) is 4.42. The third kappa shape index (κ3) is 1.68. The standard InChI is InChI=1S/C18H18N2/c1-20-17-10-6-5-9-14(17)15-11-16(19-12-18(15)20)13-7-3-2-4-8-13/h5-7,9-12H,2-4,8H2,1H3. The van der Waals surface area contributed by atoms with Crippen molar-refractivity contribution >= 4 is 27.4 Å². The fourth-order valence-corrected chi connectivity index (χ4v) is 3.30. The summed E-state index contributed by atoms with van der Waals surface area (Å²) >= 11 is 0. The van der Waals surface area contributed by atoms with Gasteiger partial charge in [-0.25, -0.2) is 0 Å². The Hall–Kier alpha value is -2.09. The molecule has 0 unspecified atom stereocenters. The van der Waals surface area contributed by atoms with Crippen molar-refractivity contribution in [1.82, 2.24) is 9.55 Å². The molecule has 0 saturated heterocycles. The lowest BCUT2D eigenvalue weighted by molar-refractivity contribution is 0.740. The maximum atomic E-state index is 4.70. The molecule has 100 valence electrons. The average Bonchev–Trinajstić information content (AvgIpc) is 2.81. The van der Waals surface area contributed by atoms with Gasteiger partial charge in [-0.2, -0.15) is 0 Å². The zero-order valence-corrected chi connectivity index (χ0v) is 11.8. The first-order valence-electron chi connectivity index (χ1n) is 7.37. The smallest absolute Gasteiger partial charge is 0.0675 e. The minimum Gasteiger partial charge on any atom is -0.342 e. The van der Waals surface area contributed by atoms with E-state index < -0.39 is 0 Å². The van der Waals surface area contributed by atoms with Crippen molar-refractivity contribution in [2.45, 2.75) is 25.7 Å². The van der Waals surface area contributed by atoms with E-state index in [0.29, 0.717) is 0 Å². The van der Waals surface area contributed by atoms with Crippen LogP contribution in [0.15, 0.2) is 42.6 Å². The van der Waals surface area contributed by atoms with Crippen molar-refractivity contribution in [3.63, 3.8) is 0 Å². The van der Waals surface area contributed by atoms with E-state index in [-0.39, 0.29) is 0 Å². The molecule has 0 atom stereocenters. The van der Waals surface area contributed by atoms with Crippen LogP contribution >= 0.6 is 0 Å². The van der Waals surface area contributed by atoms with E-state index in [1.807, 2.05) is 6.20 Å². The number of pyridine rings is 1. The topological polar surface area (TPSA) is 17.8 Å². The van der Waals surface area contributed by atoms with E-state index in [1.165, 1.54) is 53.1 Å². The number of para-hydroxylation sites is 1. The van der Waals surface area contributed by atoms with E-state index in [1.54, 1.807) is 0 Å². The second-order valence-electron chi connectivity index (χ2n) is 5.64. The summed E-state index contributed by atoms with van der Waals surface area (Å²) in [5, 5.41) is 2.64. The van der Waals surface area contributed by atoms with Crippen molar-refractivity contribution in [3.8, 4) is 0 Å². The number of allylic oxidation sites excluding steroid dienone is 2. The molecule has 0 aliphatic heterocycles. The van der Waals surface area contributed by atoms with Crippen LogP contribution in [0.3, 0.4) is 0 Å². The van der Waals surface area contributed by atoms with Gasteiger partial charge < -0.3 is 4.57 Å². The van der Waals surface area contributed by atoms with Gasteiger partial charge in [0.2, 0.25) is 0 Å². The predicted molar refractivity (Wildman–Crippen MR) is 84.7 cm³/mol. The fourth-order valence-electron chi connectivity index (χ4n) is 3.30. The molecule has 0 saturated carbocycles. The van der Waals surface area contributed by atoms with Gasteiger partial charge in [-0.1, -0.05) is 24.3 Å². The van der Waals surface area contributed by atoms with Crippen molar-refractivity contribution in [3.05, 3.63) is 48.3 Å². The second kappa shape index (κ2) is 4.48. The summed E-state index contributed by atoms with van der Waals surface area (Å²) in [5.41, 5.74) is 5.07. The van der Waals surface area contributed by atoms with E-state index in [4.69, 9.17) is 4.98 Å². The molecule has 4 rings (SSSR count). The van der Waals surface area contributed by atoms with Gasteiger partial charge in [0.15, 0.2) is 0 Å². The molecular weight excluding hydrogens is 244 g/mol. The summed E-state index contributed by atoms with van der Waals surface area (Å²) in [5.74, 6) is 0. The fraction of sp³-hybridized carbons (Fsp3) is 0.278. The van der Waals surface area contributed by atoms with Crippen LogP contribution in [-0.4, -0.2) is 9.55 Å². The highest BCUT2D eigenvalue weighted by Gasteiger charge is 2.12. The van der Waals surface area contributed by atoms with Gasteiger partial charge in [0.05, 0.1) is 17.4 Å². The van der Waals surface area contributed by atoms with Crippen molar-refractivity contribution in [2.75, 3.05) is 0 Å². The molecule has 0 radical (unpaired) electrons. The molecule has 2 aromatic heterocycles. The van der Waals surface area contributed by atoms with Gasteiger partial charge in [-0.3, -0.25) is 4.98 Å². The van der Waals surface area contributed by atoms with E-state index in [2.05, 4.69) is 48.0 Å². The molecule has 0 fully saturated rings. The van der Waals surface area contributed by atoms with Crippen LogP contribution in [0.25, 0.3) is 27.4 Å². The first-order valence-corrected chi connectivity index (χ1v) is 7.37. The average molecular weight is 262 g/mol.